The van der Waals surface area contributed by atoms with Gasteiger partial charge >= 0.3 is 12.1 Å². The lowest BCUT2D eigenvalue weighted by Crippen LogP contribution is -2.16. The third-order valence-electron chi connectivity index (χ3n) is 5.50. The van der Waals surface area contributed by atoms with Crippen LogP contribution in [0.15, 0.2) is 71.3 Å². The second-order valence-electron chi connectivity index (χ2n) is 8.04. The van der Waals surface area contributed by atoms with E-state index in [4.69, 9.17) is 37.6 Å². The van der Waals surface area contributed by atoms with Crippen molar-refractivity contribution >= 4 is 41.0 Å². The number of halogens is 2. The highest BCUT2D eigenvalue weighted by atomic mass is 35.5. The molecule has 0 aliphatic rings. The van der Waals surface area contributed by atoms with E-state index in [9.17, 15) is 9.59 Å². The summed E-state index contributed by atoms with van der Waals surface area (Å²) in [7, 11) is 0. The van der Waals surface area contributed by atoms with Crippen molar-refractivity contribution in [2.45, 2.75) is 19.8 Å². The van der Waals surface area contributed by atoms with E-state index < -0.39 is 12.1 Å². The summed E-state index contributed by atoms with van der Waals surface area (Å²) < 4.78 is 10.8. The van der Waals surface area contributed by atoms with Gasteiger partial charge in [-0.25, -0.2) is 4.79 Å². The average Bonchev–Trinajstić information content (AvgIpc) is 3.20. The summed E-state index contributed by atoms with van der Waals surface area (Å²) in [5, 5.41) is 16.7. The van der Waals surface area contributed by atoms with Gasteiger partial charge in [0.25, 0.3) is 0 Å². The number of aliphatic carboxylic acids is 1. The summed E-state index contributed by atoms with van der Waals surface area (Å²) in [4.78, 5) is 23.3. The van der Waals surface area contributed by atoms with E-state index >= 15 is 0 Å². The first-order chi connectivity index (χ1) is 17.3. The fourth-order valence-corrected chi connectivity index (χ4v) is 4.19. The zero-order chi connectivity index (χ0) is 25.7. The number of carboxylic acids is 1. The molecule has 4 aromatic rings. The highest BCUT2D eigenvalue weighted by molar-refractivity contribution is 6.33. The molecule has 9 heteroatoms. The normalized spacial score (nSPS) is 10.8. The number of hydrogen-bond donors (Lipinski definition) is 2. The van der Waals surface area contributed by atoms with Gasteiger partial charge in [-0.05, 0) is 35.7 Å². The van der Waals surface area contributed by atoms with Crippen LogP contribution in [0.2, 0.25) is 10.0 Å². The number of carboxylic acid groups (broad SMARTS) is 1. The van der Waals surface area contributed by atoms with Gasteiger partial charge in [-0.2, -0.15) is 0 Å². The first kappa shape index (κ1) is 25.3. The zero-order valence-electron chi connectivity index (χ0n) is 19.3. The van der Waals surface area contributed by atoms with Crippen LogP contribution >= 0.6 is 23.2 Å². The highest BCUT2D eigenvalue weighted by Gasteiger charge is 2.19. The molecule has 0 atom stereocenters. The van der Waals surface area contributed by atoms with Crippen molar-refractivity contribution < 1.29 is 24.0 Å². The predicted molar refractivity (Wildman–Crippen MR) is 139 cm³/mol. The molecule has 4 rings (SSSR count). The fraction of sp³-hybridized carbons (Fsp3) is 0.148. The third-order valence-corrected chi connectivity index (χ3v) is 6.19. The van der Waals surface area contributed by atoms with Gasteiger partial charge in [-0.1, -0.05) is 83.0 Å². The molecule has 0 saturated carbocycles. The van der Waals surface area contributed by atoms with Gasteiger partial charge in [0.1, 0.15) is 11.4 Å². The van der Waals surface area contributed by atoms with Crippen LogP contribution in [-0.2, 0) is 22.4 Å². The SMILES string of the molecule is Cc1noc(-c2ccc(-c3ccc(CC(=O)O)cc3)c(Cl)c2)c1NC(=O)OCCc1ccccc1Cl. The Bertz CT molecular complexity index is 1400. The molecule has 1 aromatic heterocycles. The number of benzene rings is 3. The Morgan fingerprint density at radius 3 is 2.42 bits per heavy atom. The number of nitrogens with zero attached hydrogens (tertiary/aromatic N) is 1. The van der Waals surface area contributed by atoms with Crippen LogP contribution in [0.1, 0.15) is 16.8 Å². The first-order valence-electron chi connectivity index (χ1n) is 11.1. The van der Waals surface area contributed by atoms with Crippen LogP contribution in [0.5, 0.6) is 0 Å². The molecule has 0 unspecified atom stereocenters. The quantitative estimate of drug-likeness (QED) is 0.256. The van der Waals surface area contributed by atoms with Gasteiger partial charge in [-0.15, -0.1) is 0 Å². The van der Waals surface area contributed by atoms with E-state index in [1.807, 2.05) is 36.4 Å². The van der Waals surface area contributed by atoms with Crippen LogP contribution in [-0.4, -0.2) is 28.9 Å². The topological polar surface area (TPSA) is 102 Å². The number of amides is 1. The maximum absolute atomic E-state index is 12.4. The monoisotopic (exact) mass is 524 g/mol. The van der Waals surface area contributed by atoms with Gasteiger partial charge in [0.2, 0.25) is 0 Å². The van der Waals surface area contributed by atoms with E-state index in [0.29, 0.717) is 44.7 Å². The number of rotatable bonds is 8. The van der Waals surface area contributed by atoms with Gasteiger partial charge in [0.15, 0.2) is 5.76 Å². The molecular weight excluding hydrogens is 503 g/mol. The van der Waals surface area contributed by atoms with Crippen molar-refractivity contribution in [1.82, 2.24) is 5.16 Å². The molecule has 36 heavy (non-hydrogen) atoms. The minimum absolute atomic E-state index is 0.0456. The molecule has 0 aliphatic carbocycles. The number of ether oxygens (including phenoxy) is 1. The van der Waals surface area contributed by atoms with Crippen molar-refractivity contribution in [1.29, 1.82) is 0 Å². The molecule has 3 aromatic carbocycles. The molecular formula is C27H22Cl2N2O5. The predicted octanol–water partition coefficient (Wildman–Crippen LogP) is 7.04. The van der Waals surface area contributed by atoms with E-state index in [0.717, 1.165) is 16.7 Å². The Morgan fingerprint density at radius 1 is 1.00 bits per heavy atom. The number of nitrogens with one attached hydrogen (secondary N) is 1. The molecule has 184 valence electrons. The molecule has 1 amide bonds. The smallest absolute Gasteiger partial charge is 0.411 e. The summed E-state index contributed by atoms with van der Waals surface area (Å²) in [6, 6.07) is 19.9. The standard InChI is InChI=1S/C27H22Cl2N2O5/c1-16-25(30-27(34)35-13-12-19-4-2-3-5-22(19)28)26(36-31-16)20-10-11-21(23(29)15-20)18-8-6-17(7-9-18)14-24(32)33/h2-11,15H,12-14H2,1H3,(H,30,34)(H,32,33). The Labute approximate surface area is 217 Å². The zero-order valence-corrected chi connectivity index (χ0v) is 20.8. The number of anilines is 1. The lowest BCUT2D eigenvalue weighted by atomic mass is 10.0. The number of hydrogen-bond acceptors (Lipinski definition) is 5. The van der Waals surface area contributed by atoms with Crippen molar-refractivity contribution in [3.05, 3.63) is 93.6 Å². The van der Waals surface area contributed by atoms with Crippen molar-refractivity contribution in [2.24, 2.45) is 0 Å². The molecule has 1 heterocycles. The fourth-order valence-electron chi connectivity index (χ4n) is 3.67. The van der Waals surface area contributed by atoms with Crippen molar-refractivity contribution in [3.8, 4) is 22.5 Å². The molecule has 7 nitrogen and oxygen atoms in total. The maximum atomic E-state index is 12.4. The summed E-state index contributed by atoms with van der Waals surface area (Å²) in [5.41, 5.74) is 4.70. The lowest BCUT2D eigenvalue weighted by Gasteiger charge is -2.10. The third kappa shape index (κ3) is 6.05. The van der Waals surface area contributed by atoms with E-state index in [1.54, 1.807) is 37.3 Å². The molecule has 0 saturated heterocycles. The summed E-state index contributed by atoms with van der Waals surface area (Å²) in [5.74, 6) is -0.540. The average molecular weight is 525 g/mol. The first-order valence-corrected chi connectivity index (χ1v) is 11.8. The minimum atomic E-state index is -0.888. The Balaban J connectivity index is 1.46. The van der Waals surface area contributed by atoms with Gasteiger partial charge < -0.3 is 14.4 Å². The maximum Gasteiger partial charge on any atom is 0.411 e. The van der Waals surface area contributed by atoms with E-state index in [1.165, 1.54) is 0 Å². The Hall–Kier alpha value is -3.81. The second kappa shape index (κ2) is 11.3. The van der Waals surface area contributed by atoms with Crippen LogP contribution in [0.4, 0.5) is 10.5 Å². The highest BCUT2D eigenvalue weighted by Crippen LogP contribution is 2.36. The molecule has 0 aliphatic heterocycles. The summed E-state index contributed by atoms with van der Waals surface area (Å²) in [6.07, 6.45) is -0.203. The van der Waals surface area contributed by atoms with Crippen LogP contribution in [0.25, 0.3) is 22.5 Å². The van der Waals surface area contributed by atoms with Crippen molar-refractivity contribution in [2.75, 3.05) is 11.9 Å². The minimum Gasteiger partial charge on any atom is -0.481 e. The van der Waals surface area contributed by atoms with E-state index in [2.05, 4.69) is 10.5 Å². The van der Waals surface area contributed by atoms with Gasteiger partial charge in [0.05, 0.1) is 13.0 Å². The molecule has 0 bridgehead atoms. The number of aromatic nitrogens is 1. The van der Waals surface area contributed by atoms with E-state index in [-0.39, 0.29) is 13.0 Å². The second-order valence-corrected chi connectivity index (χ2v) is 8.85. The molecule has 0 spiro atoms. The van der Waals surface area contributed by atoms with Gasteiger partial charge in [-0.3, -0.25) is 10.1 Å². The lowest BCUT2D eigenvalue weighted by molar-refractivity contribution is -0.136. The number of carbonyl (C=O) groups is 2. The number of carbonyl (C=O) groups excluding carboxylic acids is 1. The molecule has 0 radical (unpaired) electrons. The largest absolute Gasteiger partial charge is 0.481 e. The summed E-state index contributed by atoms with van der Waals surface area (Å²) in [6.45, 7) is 1.86. The summed E-state index contributed by atoms with van der Waals surface area (Å²) >= 11 is 12.7. The number of aryl methyl sites for hydroxylation is 1. The Morgan fingerprint density at radius 2 is 1.72 bits per heavy atom. The molecule has 0 fully saturated rings. The van der Waals surface area contributed by atoms with Crippen LogP contribution in [0.3, 0.4) is 0 Å². The Kier molecular flexibility index (Phi) is 7.93. The van der Waals surface area contributed by atoms with Gasteiger partial charge in [0, 0.05) is 27.6 Å². The van der Waals surface area contributed by atoms with Crippen molar-refractivity contribution in [3.63, 3.8) is 0 Å². The van der Waals surface area contributed by atoms with Crippen LogP contribution < -0.4 is 5.32 Å². The van der Waals surface area contributed by atoms with Crippen LogP contribution in [0, 0.1) is 6.92 Å². The molecule has 2 N–H and O–H groups in total.